The number of methoxy groups -OCH3 is 1. The molecule has 0 aromatic heterocycles. The average Bonchev–Trinajstić information content (AvgIpc) is 2.36. The summed E-state index contributed by atoms with van der Waals surface area (Å²) >= 11 is 6.18. The molecule has 2 atom stereocenters. The molecule has 102 valence electrons. The summed E-state index contributed by atoms with van der Waals surface area (Å²) in [4.78, 5) is 23.4. The van der Waals surface area contributed by atoms with Crippen molar-refractivity contribution in [3.8, 4) is 0 Å². The van der Waals surface area contributed by atoms with Crippen LogP contribution in [0.15, 0.2) is 24.3 Å². The molecule has 1 aliphatic carbocycles. The van der Waals surface area contributed by atoms with Crippen molar-refractivity contribution < 1.29 is 14.3 Å². The van der Waals surface area contributed by atoms with Crippen LogP contribution in [0.25, 0.3) is 0 Å². The molecule has 5 heteroatoms. The van der Waals surface area contributed by atoms with Gasteiger partial charge in [-0.05, 0) is 24.5 Å². The van der Waals surface area contributed by atoms with E-state index in [1.165, 1.54) is 14.0 Å². The molecule has 1 amide bonds. The van der Waals surface area contributed by atoms with E-state index in [0.717, 1.165) is 12.0 Å². The quantitative estimate of drug-likeness (QED) is 0.865. The van der Waals surface area contributed by atoms with E-state index in [4.69, 9.17) is 16.3 Å². The van der Waals surface area contributed by atoms with E-state index in [1.54, 1.807) is 6.07 Å². The van der Waals surface area contributed by atoms with Gasteiger partial charge in [-0.1, -0.05) is 29.8 Å². The van der Waals surface area contributed by atoms with Gasteiger partial charge in [0.15, 0.2) is 0 Å². The van der Waals surface area contributed by atoms with Gasteiger partial charge in [-0.2, -0.15) is 0 Å². The highest BCUT2D eigenvalue weighted by Crippen LogP contribution is 2.48. The smallest absolute Gasteiger partial charge is 0.332 e. The summed E-state index contributed by atoms with van der Waals surface area (Å²) in [6.45, 7) is 1.40. The third kappa shape index (κ3) is 2.32. The Bertz CT molecular complexity index is 517. The van der Waals surface area contributed by atoms with E-state index >= 15 is 0 Å². The Kier molecular flexibility index (Phi) is 3.80. The number of esters is 1. The summed E-state index contributed by atoms with van der Waals surface area (Å²) in [5.41, 5.74) is -0.111. The number of benzene rings is 1. The van der Waals surface area contributed by atoms with E-state index in [-0.39, 0.29) is 11.8 Å². The molecular formula is C14H16ClNO3. The van der Waals surface area contributed by atoms with Crippen LogP contribution in [-0.4, -0.2) is 24.5 Å². The predicted octanol–water partition coefficient (Wildman–Crippen LogP) is 2.27. The summed E-state index contributed by atoms with van der Waals surface area (Å²) in [5.74, 6) is -0.807. The lowest BCUT2D eigenvalue weighted by Crippen LogP contribution is -2.63. The lowest BCUT2D eigenvalue weighted by molar-refractivity contribution is -0.156. The number of amides is 1. The number of carbonyl (C=O) groups is 2. The fourth-order valence-electron chi connectivity index (χ4n) is 2.70. The molecule has 1 aliphatic rings. The zero-order chi connectivity index (χ0) is 14.0. The number of hydrogen-bond donors (Lipinski definition) is 1. The first-order valence-corrected chi connectivity index (χ1v) is 6.50. The summed E-state index contributed by atoms with van der Waals surface area (Å²) < 4.78 is 4.85. The van der Waals surface area contributed by atoms with E-state index in [9.17, 15) is 9.59 Å². The molecule has 0 heterocycles. The first kappa shape index (κ1) is 13.9. The first-order chi connectivity index (χ1) is 9.01. The third-order valence-electron chi connectivity index (χ3n) is 3.65. The van der Waals surface area contributed by atoms with Gasteiger partial charge < -0.3 is 10.1 Å². The number of nitrogens with one attached hydrogen (secondary N) is 1. The van der Waals surface area contributed by atoms with Crippen molar-refractivity contribution in [2.75, 3.05) is 7.11 Å². The Labute approximate surface area is 117 Å². The molecule has 1 saturated carbocycles. The maximum atomic E-state index is 12.1. The van der Waals surface area contributed by atoms with Gasteiger partial charge in [0.2, 0.25) is 5.91 Å². The molecule has 1 N–H and O–H groups in total. The zero-order valence-corrected chi connectivity index (χ0v) is 11.7. The number of rotatable bonds is 3. The molecule has 0 aliphatic heterocycles. The summed E-state index contributed by atoms with van der Waals surface area (Å²) in [5, 5.41) is 3.35. The third-order valence-corrected chi connectivity index (χ3v) is 4.00. The molecule has 0 unspecified atom stereocenters. The fraction of sp³-hybridized carbons (Fsp3) is 0.429. The zero-order valence-electron chi connectivity index (χ0n) is 10.9. The normalized spacial score (nSPS) is 25.3. The van der Waals surface area contributed by atoms with E-state index in [2.05, 4.69) is 5.32 Å². The molecule has 1 fully saturated rings. The molecule has 4 nitrogen and oxygen atoms in total. The van der Waals surface area contributed by atoms with Crippen LogP contribution in [-0.2, 0) is 14.3 Å². The number of carbonyl (C=O) groups excluding carboxylic acids is 2. The predicted molar refractivity (Wildman–Crippen MR) is 72.0 cm³/mol. The maximum absolute atomic E-state index is 12.1. The Balaban J connectivity index is 2.38. The number of halogens is 1. The van der Waals surface area contributed by atoms with Gasteiger partial charge in [0.1, 0.15) is 5.54 Å². The second-order valence-electron chi connectivity index (χ2n) is 4.76. The van der Waals surface area contributed by atoms with Gasteiger partial charge in [0, 0.05) is 17.9 Å². The first-order valence-electron chi connectivity index (χ1n) is 6.13. The summed E-state index contributed by atoms with van der Waals surface area (Å²) in [6, 6.07) is 7.37. The molecule has 0 spiro atoms. The summed E-state index contributed by atoms with van der Waals surface area (Å²) in [7, 11) is 1.33. The van der Waals surface area contributed by atoms with E-state index in [1.807, 2.05) is 18.2 Å². The molecule has 1 aromatic carbocycles. The fourth-order valence-corrected chi connectivity index (χ4v) is 2.96. The van der Waals surface area contributed by atoms with Crippen LogP contribution in [0.4, 0.5) is 0 Å². The van der Waals surface area contributed by atoms with Crippen LogP contribution >= 0.6 is 11.6 Å². The highest BCUT2D eigenvalue weighted by Gasteiger charge is 2.55. The summed E-state index contributed by atoms with van der Waals surface area (Å²) in [6.07, 6.45) is 1.36. The highest BCUT2D eigenvalue weighted by atomic mass is 35.5. The maximum Gasteiger partial charge on any atom is 0.332 e. The second-order valence-corrected chi connectivity index (χ2v) is 5.16. The van der Waals surface area contributed by atoms with Crippen molar-refractivity contribution in [2.24, 2.45) is 0 Å². The van der Waals surface area contributed by atoms with Crippen LogP contribution in [0, 0.1) is 0 Å². The molecule has 0 radical (unpaired) electrons. The van der Waals surface area contributed by atoms with Crippen LogP contribution in [0.1, 0.15) is 31.2 Å². The van der Waals surface area contributed by atoms with Gasteiger partial charge in [-0.25, -0.2) is 4.79 Å². The van der Waals surface area contributed by atoms with Crippen LogP contribution in [0.3, 0.4) is 0 Å². The lowest BCUT2D eigenvalue weighted by atomic mass is 9.63. The molecule has 1 aromatic rings. The SMILES string of the molecule is COC(=O)[C@@]1(NC(C)=O)CC[C@@H]1c1ccccc1Cl. The topological polar surface area (TPSA) is 55.4 Å². The molecule has 19 heavy (non-hydrogen) atoms. The van der Waals surface area contributed by atoms with Crippen LogP contribution in [0.2, 0.25) is 5.02 Å². The Hall–Kier alpha value is -1.55. The second kappa shape index (κ2) is 5.21. The lowest BCUT2D eigenvalue weighted by Gasteiger charge is -2.47. The molecule has 0 bridgehead atoms. The van der Waals surface area contributed by atoms with E-state index < -0.39 is 11.5 Å². The number of hydrogen-bond acceptors (Lipinski definition) is 3. The van der Waals surface area contributed by atoms with Crippen molar-refractivity contribution in [1.82, 2.24) is 5.32 Å². The van der Waals surface area contributed by atoms with E-state index in [0.29, 0.717) is 11.4 Å². The van der Waals surface area contributed by atoms with Crippen molar-refractivity contribution in [3.05, 3.63) is 34.9 Å². The standard InChI is InChI=1S/C14H16ClNO3/c1-9(17)16-14(13(18)19-2)8-7-11(14)10-5-3-4-6-12(10)15/h3-6,11H,7-8H2,1-2H3,(H,16,17)/t11-,14-/m1/s1. The minimum absolute atomic E-state index is 0.141. The van der Waals surface area contributed by atoms with Gasteiger partial charge in [0.25, 0.3) is 0 Å². The van der Waals surface area contributed by atoms with Gasteiger partial charge in [0.05, 0.1) is 7.11 Å². The Morgan fingerprint density at radius 3 is 2.58 bits per heavy atom. The largest absolute Gasteiger partial charge is 0.467 e. The van der Waals surface area contributed by atoms with Gasteiger partial charge in [-0.15, -0.1) is 0 Å². The van der Waals surface area contributed by atoms with Crippen molar-refractivity contribution in [1.29, 1.82) is 0 Å². The van der Waals surface area contributed by atoms with Crippen LogP contribution < -0.4 is 5.32 Å². The molecular weight excluding hydrogens is 266 g/mol. The van der Waals surface area contributed by atoms with Gasteiger partial charge in [-0.3, -0.25) is 4.79 Å². The van der Waals surface area contributed by atoms with Crippen LogP contribution in [0.5, 0.6) is 0 Å². The van der Waals surface area contributed by atoms with Gasteiger partial charge >= 0.3 is 5.97 Å². The van der Waals surface area contributed by atoms with Crippen molar-refractivity contribution in [2.45, 2.75) is 31.2 Å². The minimum atomic E-state index is -0.981. The molecule has 0 saturated heterocycles. The number of ether oxygens (including phenoxy) is 1. The highest BCUT2D eigenvalue weighted by molar-refractivity contribution is 6.31. The molecule has 2 rings (SSSR count). The van der Waals surface area contributed by atoms with Crippen molar-refractivity contribution >= 4 is 23.5 Å². The Morgan fingerprint density at radius 2 is 2.11 bits per heavy atom. The monoisotopic (exact) mass is 281 g/mol. The minimum Gasteiger partial charge on any atom is -0.467 e. The van der Waals surface area contributed by atoms with Crippen molar-refractivity contribution in [3.63, 3.8) is 0 Å². The average molecular weight is 282 g/mol. The Morgan fingerprint density at radius 1 is 1.42 bits per heavy atom.